The summed E-state index contributed by atoms with van der Waals surface area (Å²) in [4.78, 5) is 25.4. The van der Waals surface area contributed by atoms with Crippen LogP contribution in [0.15, 0.2) is 0 Å². The number of urea groups is 1. The van der Waals surface area contributed by atoms with Gasteiger partial charge in [-0.15, -0.1) is 0 Å². The van der Waals surface area contributed by atoms with Crippen molar-refractivity contribution in [2.75, 3.05) is 20.2 Å². The predicted molar refractivity (Wildman–Crippen MR) is 63.8 cm³/mol. The molecule has 0 aromatic heterocycles. The predicted octanol–water partition coefficient (Wildman–Crippen LogP) is 0.604. The van der Waals surface area contributed by atoms with Crippen LogP contribution < -0.4 is 0 Å². The fourth-order valence-electron chi connectivity index (χ4n) is 1.29. The third-order valence-corrected chi connectivity index (χ3v) is 2.90. The topological polar surface area (TPSA) is 81.1 Å². The number of carbonyl (C=O) groups excluding carboxylic acids is 1. The van der Waals surface area contributed by atoms with E-state index in [1.165, 1.54) is 9.80 Å². The summed E-state index contributed by atoms with van der Waals surface area (Å²) in [5.74, 6) is -1.04. The minimum absolute atomic E-state index is 0.146. The number of likely N-dealkylation sites (N-methyl/N-ethyl adjacent to an activating group) is 1. The second-order valence-corrected chi connectivity index (χ2v) is 4.20. The normalized spacial score (nSPS) is 13.9. The number of nitrogens with zero attached hydrogens (tertiary/aromatic N) is 2. The molecule has 2 atom stereocenters. The highest BCUT2D eigenvalue weighted by atomic mass is 16.4. The van der Waals surface area contributed by atoms with Gasteiger partial charge in [0.2, 0.25) is 0 Å². The largest absolute Gasteiger partial charge is 0.480 e. The summed E-state index contributed by atoms with van der Waals surface area (Å²) in [6, 6.07) is -0.849. The summed E-state index contributed by atoms with van der Waals surface area (Å²) in [5.41, 5.74) is 0. The number of carbonyl (C=O) groups is 2. The van der Waals surface area contributed by atoms with Crippen molar-refractivity contribution in [1.82, 2.24) is 9.80 Å². The zero-order chi connectivity index (χ0) is 13.6. The first kappa shape index (κ1) is 15.7. The van der Waals surface area contributed by atoms with Crippen molar-refractivity contribution in [2.45, 2.75) is 39.3 Å². The number of hydrogen-bond donors (Lipinski definition) is 2. The molecule has 2 N–H and O–H groups in total. The average molecular weight is 246 g/mol. The number of aliphatic hydroxyl groups is 1. The average Bonchev–Trinajstić information content (AvgIpc) is 2.31. The first-order valence-electron chi connectivity index (χ1n) is 5.71. The second-order valence-electron chi connectivity index (χ2n) is 4.20. The molecule has 2 amide bonds. The highest BCUT2D eigenvalue weighted by Crippen LogP contribution is 2.09. The van der Waals surface area contributed by atoms with Gasteiger partial charge in [-0.3, -0.25) is 4.79 Å². The molecule has 0 saturated carbocycles. The summed E-state index contributed by atoms with van der Waals surface area (Å²) < 4.78 is 0. The lowest BCUT2D eigenvalue weighted by Crippen LogP contribution is -2.51. The minimum atomic E-state index is -1.04. The Morgan fingerprint density at radius 2 is 1.76 bits per heavy atom. The fraction of sp³-hybridized carbons (Fsp3) is 0.818. The van der Waals surface area contributed by atoms with Gasteiger partial charge in [-0.2, -0.15) is 0 Å². The Kier molecular flexibility index (Phi) is 6.57. The van der Waals surface area contributed by atoms with E-state index in [4.69, 9.17) is 10.2 Å². The quantitative estimate of drug-likeness (QED) is 0.719. The van der Waals surface area contributed by atoms with Crippen molar-refractivity contribution in [3.8, 4) is 0 Å². The zero-order valence-corrected chi connectivity index (χ0v) is 10.9. The van der Waals surface area contributed by atoms with Gasteiger partial charge in [-0.25, -0.2) is 4.79 Å². The first-order valence-corrected chi connectivity index (χ1v) is 5.71. The van der Waals surface area contributed by atoms with E-state index in [9.17, 15) is 9.59 Å². The van der Waals surface area contributed by atoms with Crippen molar-refractivity contribution in [3.05, 3.63) is 0 Å². The molecule has 2 unspecified atom stereocenters. The molecule has 0 aliphatic heterocycles. The van der Waals surface area contributed by atoms with Crippen molar-refractivity contribution < 1.29 is 19.8 Å². The Bertz CT molecular complexity index is 270. The van der Waals surface area contributed by atoms with Crippen LogP contribution in [0.2, 0.25) is 0 Å². The van der Waals surface area contributed by atoms with E-state index >= 15 is 0 Å². The lowest BCUT2D eigenvalue weighted by atomic mass is 10.2. The molecule has 0 aliphatic carbocycles. The van der Waals surface area contributed by atoms with Gasteiger partial charge in [0.25, 0.3) is 0 Å². The third-order valence-electron chi connectivity index (χ3n) is 2.90. The minimum Gasteiger partial charge on any atom is -0.480 e. The number of aliphatic hydroxyl groups excluding tert-OH is 1. The van der Waals surface area contributed by atoms with Crippen LogP contribution in [0, 0.1) is 0 Å². The maximum Gasteiger partial charge on any atom is 0.323 e. The Morgan fingerprint density at radius 1 is 1.24 bits per heavy atom. The van der Waals surface area contributed by atoms with E-state index in [0.717, 1.165) is 0 Å². The van der Waals surface area contributed by atoms with E-state index in [1.54, 1.807) is 20.9 Å². The van der Waals surface area contributed by atoms with Crippen LogP contribution in [-0.4, -0.2) is 64.3 Å². The molecule has 0 spiro atoms. The van der Waals surface area contributed by atoms with Gasteiger partial charge in [-0.1, -0.05) is 6.92 Å². The van der Waals surface area contributed by atoms with Crippen LogP contribution in [0.5, 0.6) is 0 Å². The Balaban J connectivity index is 4.79. The maximum atomic E-state index is 12.1. The van der Waals surface area contributed by atoms with Gasteiger partial charge < -0.3 is 20.0 Å². The second kappa shape index (κ2) is 7.11. The number of rotatable bonds is 6. The standard InChI is InChI=1S/C11H22N2O4/c1-5-8(2)13(6-10(15)16)11(17)12(4)9(3)7-14/h8-9,14H,5-7H2,1-4H3,(H,15,16). The maximum absolute atomic E-state index is 12.1. The Labute approximate surface area is 102 Å². The SMILES string of the molecule is CCC(C)N(CC(=O)O)C(=O)N(C)C(C)CO. The van der Waals surface area contributed by atoms with Gasteiger partial charge in [0.15, 0.2) is 0 Å². The third kappa shape index (κ3) is 4.60. The van der Waals surface area contributed by atoms with E-state index in [-0.39, 0.29) is 31.3 Å². The van der Waals surface area contributed by atoms with Crippen molar-refractivity contribution >= 4 is 12.0 Å². The number of aliphatic carboxylic acids is 1. The monoisotopic (exact) mass is 246 g/mol. The van der Waals surface area contributed by atoms with Crippen LogP contribution in [-0.2, 0) is 4.79 Å². The molecule has 0 fully saturated rings. The Morgan fingerprint density at radius 3 is 2.12 bits per heavy atom. The molecule has 17 heavy (non-hydrogen) atoms. The molecule has 100 valence electrons. The molecule has 0 aromatic rings. The van der Waals surface area contributed by atoms with Crippen LogP contribution in [0.4, 0.5) is 4.79 Å². The van der Waals surface area contributed by atoms with E-state index < -0.39 is 5.97 Å². The molecule has 0 heterocycles. The van der Waals surface area contributed by atoms with Gasteiger partial charge in [0.05, 0.1) is 12.6 Å². The lowest BCUT2D eigenvalue weighted by Gasteiger charge is -2.33. The van der Waals surface area contributed by atoms with Gasteiger partial charge in [-0.05, 0) is 20.3 Å². The Hall–Kier alpha value is -1.30. The van der Waals surface area contributed by atoms with Gasteiger partial charge in [0, 0.05) is 13.1 Å². The highest BCUT2D eigenvalue weighted by Gasteiger charge is 2.26. The highest BCUT2D eigenvalue weighted by molar-refractivity contribution is 5.80. The van der Waals surface area contributed by atoms with E-state index in [1.807, 2.05) is 6.92 Å². The zero-order valence-electron chi connectivity index (χ0n) is 10.9. The molecule has 0 bridgehead atoms. The lowest BCUT2D eigenvalue weighted by molar-refractivity contribution is -0.138. The van der Waals surface area contributed by atoms with Crippen LogP contribution >= 0.6 is 0 Å². The molecule has 6 heteroatoms. The van der Waals surface area contributed by atoms with E-state index in [2.05, 4.69) is 0 Å². The summed E-state index contributed by atoms with van der Waals surface area (Å²) >= 11 is 0. The molecule has 0 aromatic carbocycles. The summed E-state index contributed by atoms with van der Waals surface area (Å²) in [6.45, 7) is 4.92. The fourth-order valence-corrected chi connectivity index (χ4v) is 1.29. The molecular weight excluding hydrogens is 224 g/mol. The van der Waals surface area contributed by atoms with Gasteiger partial charge >= 0.3 is 12.0 Å². The smallest absolute Gasteiger partial charge is 0.323 e. The van der Waals surface area contributed by atoms with Crippen molar-refractivity contribution in [1.29, 1.82) is 0 Å². The molecule has 6 nitrogen and oxygen atoms in total. The van der Waals surface area contributed by atoms with Crippen LogP contribution in [0.3, 0.4) is 0 Å². The number of amides is 2. The van der Waals surface area contributed by atoms with Crippen LogP contribution in [0.1, 0.15) is 27.2 Å². The molecule has 0 aliphatic rings. The molecule has 0 radical (unpaired) electrons. The molecule has 0 saturated heterocycles. The summed E-state index contributed by atoms with van der Waals surface area (Å²) in [5, 5.41) is 17.8. The number of hydrogen-bond acceptors (Lipinski definition) is 3. The van der Waals surface area contributed by atoms with Gasteiger partial charge in [0.1, 0.15) is 6.54 Å². The van der Waals surface area contributed by atoms with Crippen molar-refractivity contribution in [3.63, 3.8) is 0 Å². The van der Waals surface area contributed by atoms with E-state index in [0.29, 0.717) is 6.42 Å². The number of carboxylic acids is 1. The molecule has 0 rings (SSSR count). The molecular formula is C11H22N2O4. The first-order chi connectivity index (χ1) is 7.84. The van der Waals surface area contributed by atoms with Crippen LogP contribution in [0.25, 0.3) is 0 Å². The summed E-state index contributed by atoms with van der Waals surface area (Å²) in [6.07, 6.45) is 0.681. The number of carboxylic acid groups (broad SMARTS) is 1. The summed E-state index contributed by atoms with van der Waals surface area (Å²) in [7, 11) is 1.56. The van der Waals surface area contributed by atoms with Crippen molar-refractivity contribution in [2.24, 2.45) is 0 Å².